The molecule has 0 radical (unpaired) electrons. The van der Waals surface area contributed by atoms with E-state index in [0.717, 1.165) is 29.3 Å². The molecule has 2 aliphatic rings. The molecular formula is C18H21FN4. The Labute approximate surface area is 136 Å². The van der Waals surface area contributed by atoms with Crippen LogP contribution in [0.2, 0.25) is 0 Å². The average Bonchev–Trinajstić information content (AvgIpc) is 2.89. The Morgan fingerprint density at radius 2 is 1.83 bits per heavy atom. The van der Waals surface area contributed by atoms with Crippen molar-refractivity contribution in [3.63, 3.8) is 0 Å². The third-order valence-electron chi connectivity index (χ3n) is 5.40. The van der Waals surface area contributed by atoms with Crippen molar-refractivity contribution in [3.05, 3.63) is 42.2 Å². The van der Waals surface area contributed by atoms with Crippen molar-refractivity contribution in [1.82, 2.24) is 9.97 Å². The normalized spacial score (nSPS) is 28.3. The van der Waals surface area contributed by atoms with E-state index in [4.69, 9.17) is 0 Å². The third kappa shape index (κ3) is 1.70. The SMILES string of the molecule is CCC1C2N(C)c3nccnc3N2c2ccccc2C1(F)CC. The quantitative estimate of drug-likeness (QED) is 0.839. The van der Waals surface area contributed by atoms with Gasteiger partial charge in [0.25, 0.3) is 0 Å². The Bertz CT molecular complexity index is 749. The molecule has 5 heteroatoms. The fourth-order valence-corrected chi connectivity index (χ4v) is 4.33. The first kappa shape index (κ1) is 14.4. The topological polar surface area (TPSA) is 32.3 Å². The van der Waals surface area contributed by atoms with E-state index in [9.17, 15) is 0 Å². The molecule has 3 unspecified atom stereocenters. The van der Waals surface area contributed by atoms with E-state index < -0.39 is 5.67 Å². The summed E-state index contributed by atoms with van der Waals surface area (Å²) < 4.78 is 16.1. The van der Waals surface area contributed by atoms with Crippen molar-refractivity contribution in [2.75, 3.05) is 16.8 Å². The second-order valence-electron chi connectivity index (χ2n) is 6.35. The molecule has 0 spiro atoms. The summed E-state index contributed by atoms with van der Waals surface area (Å²) in [6, 6.07) is 7.81. The van der Waals surface area contributed by atoms with Crippen LogP contribution in [0.3, 0.4) is 0 Å². The van der Waals surface area contributed by atoms with Gasteiger partial charge in [-0.15, -0.1) is 0 Å². The van der Waals surface area contributed by atoms with Crippen LogP contribution in [-0.2, 0) is 5.67 Å². The maximum absolute atomic E-state index is 16.1. The summed E-state index contributed by atoms with van der Waals surface area (Å²) in [7, 11) is 1.99. The zero-order chi connectivity index (χ0) is 16.2. The number of hydrogen-bond donors (Lipinski definition) is 0. The summed E-state index contributed by atoms with van der Waals surface area (Å²) in [6.45, 7) is 4.01. The predicted molar refractivity (Wildman–Crippen MR) is 89.7 cm³/mol. The molecular weight excluding hydrogens is 291 g/mol. The van der Waals surface area contributed by atoms with Gasteiger partial charge in [-0.1, -0.05) is 32.0 Å². The molecule has 0 N–H and O–H groups in total. The molecule has 0 fully saturated rings. The number of anilines is 3. The van der Waals surface area contributed by atoms with Crippen LogP contribution in [0.15, 0.2) is 36.7 Å². The molecule has 4 nitrogen and oxygen atoms in total. The number of para-hydroxylation sites is 1. The first-order valence-electron chi connectivity index (χ1n) is 8.25. The molecule has 4 rings (SSSR count). The van der Waals surface area contributed by atoms with Gasteiger partial charge in [0.1, 0.15) is 11.8 Å². The molecule has 0 bridgehead atoms. The Balaban J connectivity index is 2.01. The maximum Gasteiger partial charge on any atom is 0.178 e. The number of fused-ring (bicyclic) bond motifs is 5. The average molecular weight is 312 g/mol. The highest BCUT2D eigenvalue weighted by molar-refractivity contribution is 5.81. The van der Waals surface area contributed by atoms with Crippen molar-refractivity contribution in [3.8, 4) is 0 Å². The number of halogens is 1. The molecule has 3 heterocycles. The van der Waals surface area contributed by atoms with Crippen LogP contribution in [0, 0.1) is 5.92 Å². The zero-order valence-corrected chi connectivity index (χ0v) is 13.7. The zero-order valence-electron chi connectivity index (χ0n) is 13.7. The molecule has 0 saturated carbocycles. The summed E-state index contributed by atoms with van der Waals surface area (Å²) in [5, 5.41) is 0. The number of benzene rings is 1. The lowest BCUT2D eigenvalue weighted by atomic mass is 9.73. The minimum atomic E-state index is -1.33. The number of alkyl halides is 1. The van der Waals surface area contributed by atoms with Gasteiger partial charge in [0, 0.05) is 30.9 Å². The summed E-state index contributed by atoms with van der Waals surface area (Å²) in [5.41, 5.74) is 0.359. The fourth-order valence-electron chi connectivity index (χ4n) is 4.33. The van der Waals surface area contributed by atoms with Crippen LogP contribution < -0.4 is 9.80 Å². The third-order valence-corrected chi connectivity index (χ3v) is 5.40. The fraction of sp³-hybridized carbons (Fsp3) is 0.444. The molecule has 2 aromatic rings. The smallest absolute Gasteiger partial charge is 0.178 e. The van der Waals surface area contributed by atoms with Crippen molar-refractivity contribution >= 4 is 17.3 Å². The molecule has 120 valence electrons. The highest BCUT2D eigenvalue weighted by atomic mass is 19.1. The van der Waals surface area contributed by atoms with Crippen LogP contribution in [-0.4, -0.2) is 23.2 Å². The van der Waals surface area contributed by atoms with Crippen LogP contribution in [0.5, 0.6) is 0 Å². The van der Waals surface area contributed by atoms with Gasteiger partial charge in [-0.2, -0.15) is 0 Å². The largest absolute Gasteiger partial charge is 0.335 e. The lowest BCUT2D eigenvalue weighted by Gasteiger charge is -2.48. The van der Waals surface area contributed by atoms with Crippen LogP contribution in [0.25, 0.3) is 0 Å². The van der Waals surface area contributed by atoms with E-state index in [1.165, 1.54) is 0 Å². The summed E-state index contributed by atoms with van der Waals surface area (Å²) >= 11 is 0. The Morgan fingerprint density at radius 1 is 1.13 bits per heavy atom. The molecule has 0 saturated heterocycles. The van der Waals surface area contributed by atoms with Gasteiger partial charge >= 0.3 is 0 Å². The minimum absolute atomic E-state index is 0.0859. The van der Waals surface area contributed by atoms with E-state index in [0.29, 0.717) is 6.42 Å². The van der Waals surface area contributed by atoms with E-state index in [2.05, 4.69) is 26.7 Å². The van der Waals surface area contributed by atoms with Crippen molar-refractivity contribution in [2.45, 2.75) is 38.5 Å². The summed E-state index contributed by atoms with van der Waals surface area (Å²) in [5.74, 6) is 1.51. The summed E-state index contributed by atoms with van der Waals surface area (Å²) in [4.78, 5) is 13.3. The molecule has 1 aromatic heterocycles. The van der Waals surface area contributed by atoms with Gasteiger partial charge in [0.2, 0.25) is 0 Å². The van der Waals surface area contributed by atoms with E-state index in [1.54, 1.807) is 12.4 Å². The van der Waals surface area contributed by atoms with Gasteiger partial charge in [-0.3, -0.25) is 0 Å². The summed E-state index contributed by atoms with van der Waals surface area (Å²) in [6.07, 6.45) is 4.55. The molecule has 1 aromatic carbocycles. The highest BCUT2D eigenvalue weighted by Crippen LogP contribution is 2.56. The molecule has 23 heavy (non-hydrogen) atoms. The van der Waals surface area contributed by atoms with E-state index in [-0.39, 0.29) is 12.1 Å². The minimum Gasteiger partial charge on any atom is -0.335 e. The number of rotatable bonds is 2. The number of nitrogens with zero attached hydrogens (tertiary/aromatic N) is 4. The Kier molecular flexibility index (Phi) is 3.08. The second kappa shape index (κ2) is 4.91. The van der Waals surface area contributed by atoms with Crippen molar-refractivity contribution in [2.24, 2.45) is 5.92 Å². The van der Waals surface area contributed by atoms with Crippen LogP contribution >= 0.6 is 0 Å². The van der Waals surface area contributed by atoms with Crippen LogP contribution in [0.4, 0.5) is 21.7 Å². The van der Waals surface area contributed by atoms with Gasteiger partial charge in [0.05, 0.1) is 5.69 Å². The first-order chi connectivity index (χ1) is 11.1. The van der Waals surface area contributed by atoms with Gasteiger partial charge in [-0.05, 0) is 18.9 Å². The van der Waals surface area contributed by atoms with Crippen molar-refractivity contribution in [1.29, 1.82) is 0 Å². The standard InChI is InChI=1S/C18H21FN4/c1-4-12-17-22(3)15-16(21-11-10-20-15)23(17)14-9-7-6-8-13(14)18(12,19)5-2/h6-12,17H,4-5H2,1-3H3. The first-order valence-corrected chi connectivity index (χ1v) is 8.25. The monoisotopic (exact) mass is 312 g/mol. The van der Waals surface area contributed by atoms with Gasteiger partial charge < -0.3 is 9.80 Å². The van der Waals surface area contributed by atoms with E-state index >= 15 is 4.39 Å². The van der Waals surface area contributed by atoms with Crippen molar-refractivity contribution < 1.29 is 4.39 Å². The number of aromatic nitrogens is 2. The lowest BCUT2D eigenvalue weighted by Crippen LogP contribution is -2.55. The predicted octanol–water partition coefficient (Wildman–Crippen LogP) is 4.01. The van der Waals surface area contributed by atoms with Gasteiger partial charge in [0.15, 0.2) is 11.6 Å². The van der Waals surface area contributed by atoms with Gasteiger partial charge in [-0.25, -0.2) is 14.4 Å². The Hall–Kier alpha value is -2.17. The number of hydrogen-bond acceptors (Lipinski definition) is 4. The maximum atomic E-state index is 16.1. The second-order valence-corrected chi connectivity index (χ2v) is 6.35. The lowest BCUT2D eigenvalue weighted by molar-refractivity contribution is 0.0472. The van der Waals surface area contributed by atoms with E-state index in [1.807, 2.05) is 38.2 Å². The molecule has 0 aliphatic carbocycles. The molecule has 2 aliphatic heterocycles. The molecule has 0 amide bonds. The Morgan fingerprint density at radius 3 is 2.52 bits per heavy atom. The molecule has 3 atom stereocenters. The van der Waals surface area contributed by atoms with Crippen LogP contribution in [0.1, 0.15) is 32.3 Å². The highest BCUT2D eigenvalue weighted by Gasteiger charge is 2.55.